The maximum absolute atomic E-state index is 13.1. The summed E-state index contributed by atoms with van der Waals surface area (Å²) < 4.78 is 13.2. The van der Waals surface area contributed by atoms with Crippen LogP contribution in [0.15, 0.2) is 12.3 Å². The minimum atomic E-state index is -0.170. The molecule has 7 nitrogen and oxygen atoms in total. The maximum atomic E-state index is 13.1. The zero-order valence-corrected chi connectivity index (χ0v) is 15.6. The summed E-state index contributed by atoms with van der Waals surface area (Å²) in [6.07, 6.45) is 3.63. The van der Waals surface area contributed by atoms with Crippen molar-refractivity contribution in [3.8, 4) is 0 Å². The Morgan fingerprint density at radius 2 is 2.08 bits per heavy atom. The second kappa shape index (κ2) is 6.96. The molecule has 0 N–H and O–H groups in total. The van der Waals surface area contributed by atoms with E-state index in [4.69, 9.17) is 9.47 Å². The van der Waals surface area contributed by atoms with Crippen molar-refractivity contribution >= 4 is 16.9 Å². The summed E-state index contributed by atoms with van der Waals surface area (Å²) in [6.45, 7) is 8.78. The number of aryl methyl sites for hydroxylation is 1. The van der Waals surface area contributed by atoms with Crippen LogP contribution in [0.1, 0.15) is 48.8 Å². The predicted octanol–water partition coefficient (Wildman–Crippen LogP) is 2.55. The normalized spacial score (nSPS) is 21.8. The first-order valence-electron chi connectivity index (χ1n) is 9.42. The van der Waals surface area contributed by atoms with Gasteiger partial charge in [0.1, 0.15) is 0 Å². The van der Waals surface area contributed by atoms with E-state index in [-0.39, 0.29) is 24.2 Å². The lowest BCUT2D eigenvalue weighted by molar-refractivity contribution is -0.0969. The summed E-state index contributed by atoms with van der Waals surface area (Å²) >= 11 is 0. The van der Waals surface area contributed by atoms with Gasteiger partial charge in [-0.3, -0.25) is 4.79 Å². The van der Waals surface area contributed by atoms with E-state index in [1.807, 2.05) is 22.6 Å². The molecule has 26 heavy (non-hydrogen) atoms. The number of hydrogen-bond acceptors (Lipinski definition) is 5. The lowest BCUT2D eigenvalue weighted by Crippen LogP contribution is -2.44. The van der Waals surface area contributed by atoms with E-state index < -0.39 is 0 Å². The molecule has 140 valence electrons. The summed E-state index contributed by atoms with van der Waals surface area (Å²) in [7, 11) is 0. The zero-order valence-electron chi connectivity index (χ0n) is 15.6. The molecule has 0 aliphatic carbocycles. The van der Waals surface area contributed by atoms with Crippen molar-refractivity contribution in [2.75, 3.05) is 26.3 Å². The number of fused-ring (bicyclic) bond motifs is 1. The van der Waals surface area contributed by atoms with Crippen LogP contribution in [0, 0.1) is 12.8 Å². The Labute approximate surface area is 153 Å². The van der Waals surface area contributed by atoms with Gasteiger partial charge in [0.2, 0.25) is 0 Å². The number of carbonyl (C=O) groups excluding carboxylic acids is 1. The standard InChI is InChI=1S/C19H26N4O3/c1-12(2)23-17-15(10-20-23)9-16(13(3)21-17)18(24)22-6-4-5-14(11-22)19-25-7-8-26-19/h9-10,12,14,19H,4-8,11H2,1-3H3. The van der Waals surface area contributed by atoms with Crippen molar-refractivity contribution in [3.63, 3.8) is 0 Å². The summed E-state index contributed by atoms with van der Waals surface area (Å²) in [5, 5.41) is 5.32. The number of nitrogens with zero attached hydrogens (tertiary/aromatic N) is 4. The largest absolute Gasteiger partial charge is 0.350 e. The highest BCUT2D eigenvalue weighted by atomic mass is 16.7. The first-order chi connectivity index (χ1) is 12.5. The average molecular weight is 358 g/mol. The summed E-state index contributed by atoms with van der Waals surface area (Å²) in [6, 6.07) is 2.16. The molecule has 0 spiro atoms. The number of amides is 1. The number of hydrogen-bond donors (Lipinski definition) is 0. The van der Waals surface area contributed by atoms with Crippen LogP contribution in [0.5, 0.6) is 0 Å². The Balaban J connectivity index is 1.58. The van der Waals surface area contributed by atoms with E-state index in [1.165, 1.54) is 0 Å². The lowest BCUT2D eigenvalue weighted by Gasteiger charge is -2.35. The molecule has 4 heterocycles. The van der Waals surface area contributed by atoms with E-state index in [1.54, 1.807) is 6.20 Å². The van der Waals surface area contributed by atoms with Crippen LogP contribution in [0.3, 0.4) is 0 Å². The Morgan fingerprint density at radius 3 is 2.81 bits per heavy atom. The molecule has 2 aromatic heterocycles. The van der Waals surface area contributed by atoms with Gasteiger partial charge in [0.25, 0.3) is 5.91 Å². The number of aromatic nitrogens is 3. The van der Waals surface area contributed by atoms with Crippen molar-refractivity contribution in [1.29, 1.82) is 0 Å². The first kappa shape index (κ1) is 17.4. The van der Waals surface area contributed by atoms with Gasteiger partial charge in [-0.15, -0.1) is 0 Å². The third-order valence-corrected chi connectivity index (χ3v) is 5.26. The highest BCUT2D eigenvalue weighted by Gasteiger charge is 2.33. The van der Waals surface area contributed by atoms with Crippen molar-refractivity contribution in [3.05, 3.63) is 23.5 Å². The Morgan fingerprint density at radius 1 is 1.31 bits per heavy atom. The van der Waals surface area contributed by atoms with Crippen molar-refractivity contribution < 1.29 is 14.3 Å². The van der Waals surface area contributed by atoms with Gasteiger partial charge in [0.05, 0.1) is 30.7 Å². The fourth-order valence-electron chi connectivity index (χ4n) is 3.90. The van der Waals surface area contributed by atoms with Crippen molar-refractivity contribution in [1.82, 2.24) is 19.7 Å². The minimum absolute atomic E-state index is 0.0388. The van der Waals surface area contributed by atoms with E-state index in [0.717, 1.165) is 36.1 Å². The molecule has 2 aromatic rings. The molecule has 2 aliphatic rings. The summed E-state index contributed by atoms with van der Waals surface area (Å²) in [5.74, 6) is 0.285. The lowest BCUT2D eigenvalue weighted by atomic mass is 9.96. The smallest absolute Gasteiger partial charge is 0.255 e. The first-order valence-corrected chi connectivity index (χ1v) is 9.42. The molecular weight excluding hydrogens is 332 g/mol. The second-order valence-corrected chi connectivity index (χ2v) is 7.48. The fourth-order valence-corrected chi connectivity index (χ4v) is 3.90. The molecule has 2 fully saturated rings. The predicted molar refractivity (Wildman–Crippen MR) is 97.0 cm³/mol. The van der Waals surface area contributed by atoms with Gasteiger partial charge in [-0.2, -0.15) is 5.10 Å². The average Bonchev–Trinajstić information content (AvgIpc) is 3.30. The third kappa shape index (κ3) is 3.10. The van der Waals surface area contributed by atoms with Gasteiger partial charge in [-0.05, 0) is 39.7 Å². The maximum Gasteiger partial charge on any atom is 0.255 e. The van der Waals surface area contributed by atoms with Crippen LogP contribution in [0.25, 0.3) is 11.0 Å². The van der Waals surface area contributed by atoms with Crippen LogP contribution >= 0.6 is 0 Å². The van der Waals surface area contributed by atoms with Crippen LogP contribution in [0.4, 0.5) is 0 Å². The molecule has 0 bridgehead atoms. The van der Waals surface area contributed by atoms with Crippen LogP contribution in [-0.2, 0) is 9.47 Å². The monoisotopic (exact) mass is 358 g/mol. The van der Waals surface area contributed by atoms with Gasteiger partial charge in [-0.1, -0.05) is 0 Å². The molecule has 0 aromatic carbocycles. The van der Waals surface area contributed by atoms with E-state index in [0.29, 0.717) is 25.3 Å². The summed E-state index contributed by atoms with van der Waals surface area (Å²) in [4.78, 5) is 19.7. The molecule has 1 atom stereocenters. The quantitative estimate of drug-likeness (QED) is 0.843. The molecule has 2 aliphatic heterocycles. The van der Waals surface area contributed by atoms with Gasteiger partial charge >= 0.3 is 0 Å². The second-order valence-electron chi connectivity index (χ2n) is 7.48. The van der Waals surface area contributed by atoms with E-state index >= 15 is 0 Å². The topological polar surface area (TPSA) is 69.5 Å². The number of rotatable bonds is 3. The summed E-state index contributed by atoms with van der Waals surface area (Å²) in [5.41, 5.74) is 2.24. The number of pyridine rings is 1. The van der Waals surface area contributed by atoms with Gasteiger partial charge in [0.15, 0.2) is 11.9 Å². The molecule has 7 heteroatoms. The van der Waals surface area contributed by atoms with Crippen molar-refractivity contribution in [2.45, 2.75) is 45.9 Å². The molecule has 0 saturated carbocycles. The van der Waals surface area contributed by atoms with E-state index in [9.17, 15) is 4.79 Å². The van der Waals surface area contributed by atoms with Crippen LogP contribution in [0.2, 0.25) is 0 Å². The zero-order chi connectivity index (χ0) is 18.3. The highest BCUT2D eigenvalue weighted by molar-refractivity contribution is 5.98. The third-order valence-electron chi connectivity index (χ3n) is 5.26. The van der Waals surface area contributed by atoms with Crippen molar-refractivity contribution in [2.24, 2.45) is 5.92 Å². The SMILES string of the molecule is Cc1nc2c(cnn2C(C)C)cc1C(=O)N1CCCC(C2OCCO2)C1. The molecule has 1 amide bonds. The molecule has 4 rings (SSSR count). The van der Waals surface area contributed by atoms with Gasteiger partial charge in [-0.25, -0.2) is 9.67 Å². The molecule has 0 radical (unpaired) electrons. The van der Waals surface area contributed by atoms with E-state index in [2.05, 4.69) is 23.9 Å². The van der Waals surface area contributed by atoms with Gasteiger partial charge < -0.3 is 14.4 Å². The Kier molecular flexibility index (Phi) is 4.67. The number of likely N-dealkylation sites (tertiary alicyclic amines) is 1. The Hall–Kier alpha value is -1.99. The number of ether oxygens (including phenoxy) is 2. The fraction of sp³-hybridized carbons (Fsp3) is 0.632. The van der Waals surface area contributed by atoms with Crippen LogP contribution in [-0.4, -0.2) is 58.2 Å². The van der Waals surface area contributed by atoms with Crippen LogP contribution < -0.4 is 0 Å². The highest BCUT2D eigenvalue weighted by Crippen LogP contribution is 2.27. The number of piperidine rings is 1. The molecule has 2 saturated heterocycles. The molecular formula is C19H26N4O3. The molecule has 1 unspecified atom stereocenters. The minimum Gasteiger partial charge on any atom is -0.350 e. The van der Waals surface area contributed by atoms with Gasteiger partial charge in [0, 0.05) is 30.4 Å². The Bertz CT molecular complexity index is 810. The number of carbonyl (C=O) groups is 1.